The first-order valence-electron chi connectivity index (χ1n) is 6.35. The molecule has 1 fully saturated rings. The predicted octanol–water partition coefficient (Wildman–Crippen LogP) is 1.52. The molecule has 1 aliphatic heterocycles. The molecule has 2 unspecified atom stereocenters. The highest BCUT2D eigenvalue weighted by Gasteiger charge is 2.30. The molecule has 0 radical (unpaired) electrons. The lowest BCUT2D eigenvalue weighted by Crippen LogP contribution is -2.46. The molecule has 20 heavy (non-hydrogen) atoms. The summed E-state index contributed by atoms with van der Waals surface area (Å²) in [5, 5.41) is 9.18. The number of nitrogens with zero attached hydrogens (tertiary/aromatic N) is 2. The zero-order chi connectivity index (χ0) is 14.9. The van der Waals surface area contributed by atoms with E-state index in [1.807, 2.05) is 11.8 Å². The molecule has 1 aromatic heterocycles. The Morgan fingerprint density at radius 1 is 1.45 bits per heavy atom. The summed E-state index contributed by atoms with van der Waals surface area (Å²) in [7, 11) is 0. The molecule has 108 valence electrons. The highest BCUT2D eigenvalue weighted by atomic mass is 35.5. The molecule has 2 atom stereocenters. The van der Waals surface area contributed by atoms with Gasteiger partial charge in [-0.1, -0.05) is 11.6 Å². The highest BCUT2D eigenvalue weighted by Crippen LogP contribution is 2.28. The van der Waals surface area contributed by atoms with Crippen LogP contribution in [-0.2, 0) is 4.79 Å². The minimum atomic E-state index is -1.06. The molecule has 2 heterocycles. The summed E-state index contributed by atoms with van der Waals surface area (Å²) in [6, 6.07) is 2.92. The Morgan fingerprint density at radius 2 is 2.15 bits per heavy atom. The first-order chi connectivity index (χ1) is 9.38. The Hall–Kier alpha value is -1.82. The fraction of sp³-hybridized carbons (Fsp3) is 0.462. The van der Waals surface area contributed by atoms with Crippen LogP contribution < -0.4 is 10.6 Å². The van der Waals surface area contributed by atoms with Crippen LogP contribution in [-0.4, -0.2) is 34.6 Å². The van der Waals surface area contributed by atoms with Gasteiger partial charge in [0.05, 0.1) is 11.5 Å². The number of carboxylic acids is 1. The standard InChI is InChI=1S/C13H16ClN3O3/c1-7-2-3-8(12(15)18)6-17(7)11-5-9(13(19)20)4-10(14)16-11/h4-5,7-8H,2-3,6H2,1H3,(H2,15,18)(H,19,20). The van der Waals surface area contributed by atoms with Gasteiger partial charge in [0.2, 0.25) is 5.91 Å². The largest absolute Gasteiger partial charge is 0.478 e. The SMILES string of the molecule is CC1CCC(C(N)=O)CN1c1cc(C(=O)O)cc(Cl)n1. The van der Waals surface area contributed by atoms with Gasteiger partial charge in [-0.2, -0.15) is 0 Å². The average molecular weight is 298 g/mol. The van der Waals surface area contributed by atoms with Gasteiger partial charge in [0, 0.05) is 12.6 Å². The second-order valence-electron chi connectivity index (χ2n) is 5.02. The molecular formula is C13H16ClN3O3. The van der Waals surface area contributed by atoms with Gasteiger partial charge in [0.25, 0.3) is 0 Å². The number of primary amides is 1. The van der Waals surface area contributed by atoms with Crippen molar-refractivity contribution in [3.8, 4) is 0 Å². The summed E-state index contributed by atoms with van der Waals surface area (Å²) in [6.45, 7) is 2.43. The van der Waals surface area contributed by atoms with Gasteiger partial charge in [-0.05, 0) is 31.9 Å². The molecule has 3 N–H and O–H groups in total. The lowest BCUT2D eigenvalue weighted by molar-refractivity contribution is -0.122. The van der Waals surface area contributed by atoms with Gasteiger partial charge < -0.3 is 15.7 Å². The van der Waals surface area contributed by atoms with Crippen molar-refractivity contribution < 1.29 is 14.7 Å². The van der Waals surface area contributed by atoms with Crippen LogP contribution >= 0.6 is 11.6 Å². The number of nitrogens with two attached hydrogens (primary N) is 1. The van der Waals surface area contributed by atoms with Crippen molar-refractivity contribution in [1.29, 1.82) is 0 Å². The first-order valence-corrected chi connectivity index (χ1v) is 6.73. The number of pyridine rings is 1. The third kappa shape index (κ3) is 3.01. The molecule has 0 saturated carbocycles. The fourth-order valence-electron chi connectivity index (χ4n) is 2.41. The number of carboxylic acid groups (broad SMARTS) is 1. The summed E-state index contributed by atoms with van der Waals surface area (Å²) >= 11 is 5.87. The molecule has 7 heteroatoms. The molecule has 1 aliphatic rings. The van der Waals surface area contributed by atoms with Gasteiger partial charge in [0.15, 0.2) is 0 Å². The number of amides is 1. The number of piperidine rings is 1. The number of carbonyl (C=O) groups excluding carboxylic acids is 1. The normalized spacial score (nSPS) is 22.6. The Morgan fingerprint density at radius 3 is 2.75 bits per heavy atom. The molecular weight excluding hydrogens is 282 g/mol. The first kappa shape index (κ1) is 14.6. The van der Waals surface area contributed by atoms with Crippen LogP contribution in [0.1, 0.15) is 30.1 Å². The Balaban J connectivity index is 2.33. The molecule has 0 aliphatic carbocycles. The monoisotopic (exact) mass is 297 g/mol. The van der Waals surface area contributed by atoms with Crippen molar-refractivity contribution in [2.24, 2.45) is 11.7 Å². The summed E-state index contributed by atoms with van der Waals surface area (Å²) in [5.41, 5.74) is 5.43. The molecule has 0 spiro atoms. The van der Waals surface area contributed by atoms with E-state index in [0.717, 1.165) is 12.8 Å². The number of rotatable bonds is 3. The van der Waals surface area contributed by atoms with Gasteiger partial charge in [-0.25, -0.2) is 9.78 Å². The number of hydrogen-bond acceptors (Lipinski definition) is 4. The van der Waals surface area contributed by atoms with Crippen LogP contribution in [0.4, 0.5) is 5.82 Å². The van der Waals surface area contributed by atoms with E-state index >= 15 is 0 Å². The number of aromatic carboxylic acids is 1. The molecule has 1 saturated heterocycles. The third-order valence-electron chi connectivity index (χ3n) is 3.61. The maximum absolute atomic E-state index is 11.3. The molecule has 0 aromatic carbocycles. The number of carbonyl (C=O) groups is 2. The quantitative estimate of drug-likeness (QED) is 0.825. The van der Waals surface area contributed by atoms with Crippen LogP contribution in [0.15, 0.2) is 12.1 Å². The minimum Gasteiger partial charge on any atom is -0.478 e. The lowest BCUT2D eigenvalue weighted by atomic mass is 9.93. The van der Waals surface area contributed by atoms with Crippen LogP contribution in [0.3, 0.4) is 0 Å². The maximum Gasteiger partial charge on any atom is 0.335 e. The zero-order valence-electron chi connectivity index (χ0n) is 11.0. The molecule has 0 bridgehead atoms. The van der Waals surface area contributed by atoms with E-state index in [1.54, 1.807) is 0 Å². The van der Waals surface area contributed by atoms with E-state index < -0.39 is 5.97 Å². The molecule has 1 aromatic rings. The fourth-order valence-corrected chi connectivity index (χ4v) is 2.62. The van der Waals surface area contributed by atoms with Crippen molar-refractivity contribution in [2.45, 2.75) is 25.8 Å². The van der Waals surface area contributed by atoms with E-state index in [-0.39, 0.29) is 28.6 Å². The topological polar surface area (TPSA) is 96.5 Å². The summed E-state index contributed by atoms with van der Waals surface area (Å²) in [6.07, 6.45) is 1.53. The number of anilines is 1. The average Bonchev–Trinajstić information content (AvgIpc) is 2.38. The summed E-state index contributed by atoms with van der Waals surface area (Å²) < 4.78 is 0. The van der Waals surface area contributed by atoms with E-state index in [9.17, 15) is 9.59 Å². The summed E-state index contributed by atoms with van der Waals surface area (Å²) in [5.74, 6) is -1.19. The zero-order valence-corrected chi connectivity index (χ0v) is 11.8. The van der Waals surface area contributed by atoms with E-state index in [0.29, 0.717) is 12.4 Å². The lowest BCUT2D eigenvalue weighted by Gasteiger charge is -2.37. The van der Waals surface area contributed by atoms with Crippen molar-refractivity contribution >= 4 is 29.3 Å². The van der Waals surface area contributed by atoms with Crippen molar-refractivity contribution in [3.05, 3.63) is 22.8 Å². The van der Waals surface area contributed by atoms with Crippen molar-refractivity contribution in [1.82, 2.24) is 4.98 Å². The second kappa shape index (κ2) is 5.66. The minimum absolute atomic E-state index is 0.0772. The van der Waals surface area contributed by atoms with Gasteiger partial charge in [-0.15, -0.1) is 0 Å². The second-order valence-corrected chi connectivity index (χ2v) is 5.41. The Labute approximate surface area is 121 Å². The van der Waals surface area contributed by atoms with E-state index in [1.165, 1.54) is 12.1 Å². The predicted molar refractivity (Wildman–Crippen MR) is 74.9 cm³/mol. The number of halogens is 1. The third-order valence-corrected chi connectivity index (χ3v) is 3.80. The van der Waals surface area contributed by atoms with E-state index in [2.05, 4.69) is 4.98 Å². The number of hydrogen-bond donors (Lipinski definition) is 2. The maximum atomic E-state index is 11.3. The molecule has 1 amide bonds. The smallest absolute Gasteiger partial charge is 0.335 e. The molecule has 6 nitrogen and oxygen atoms in total. The Bertz CT molecular complexity index is 550. The highest BCUT2D eigenvalue weighted by molar-refractivity contribution is 6.29. The molecule has 2 rings (SSSR count). The van der Waals surface area contributed by atoms with E-state index in [4.69, 9.17) is 22.4 Å². The Kier molecular flexibility index (Phi) is 4.13. The van der Waals surface area contributed by atoms with Crippen LogP contribution in [0.25, 0.3) is 0 Å². The van der Waals surface area contributed by atoms with Crippen LogP contribution in [0, 0.1) is 5.92 Å². The van der Waals surface area contributed by atoms with Crippen molar-refractivity contribution in [2.75, 3.05) is 11.4 Å². The van der Waals surface area contributed by atoms with Crippen LogP contribution in [0.2, 0.25) is 5.15 Å². The van der Waals surface area contributed by atoms with Gasteiger partial charge >= 0.3 is 5.97 Å². The summed E-state index contributed by atoms with van der Waals surface area (Å²) in [4.78, 5) is 28.4. The van der Waals surface area contributed by atoms with Gasteiger partial charge in [0.1, 0.15) is 11.0 Å². The van der Waals surface area contributed by atoms with Crippen LogP contribution in [0.5, 0.6) is 0 Å². The van der Waals surface area contributed by atoms with Gasteiger partial charge in [-0.3, -0.25) is 4.79 Å². The van der Waals surface area contributed by atoms with Crippen molar-refractivity contribution in [3.63, 3.8) is 0 Å². The number of aromatic nitrogens is 1.